The van der Waals surface area contributed by atoms with Gasteiger partial charge in [0.1, 0.15) is 11.6 Å². The molecular weight excluding hydrogens is 296 g/mol. The highest BCUT2D eigenvalue weighted by Gasteiger charge is 2.71. The summed E-state index contributed by atoms with van der Waals surface area (Å²) < 4.78 is 1.75. The molecule has 0 saturated heterocycles. The van der Waals surface area contributed by atoms with Gasteiger partial charge in [0.15, 0.2) is 5.65 Å². The van der Waals surface area contributed by atoms with Gasteiger partial charge in [-0.3, -0.25) is 0 Å². The van der Waals surface area contributed by atoms with E-state index >= 15 is 0 Å². The fraction of sp³-hybridized carbons (Fsp3) is 0.615. The van der Waals surface area contributed by atoms with E-state index in [0.717, 1.165) is 0 Å². The van der Waals surface area contributed by atoms with Crippen molar-refractivity contribution in [3.63, 3.8) is 0 Å². The number of fused-ring (bicyclic) bond motifs is 2. The van der Waals surface area contributed by atoms with Crippen LogP contribution >= 0.6 is 11.6 Å². The lowest BCUT2D eigenvalue weighted by Gasteiger charge is -2.23. The fourth-order valence-corrected chi connectivity index (χ4v) is 4.00. The van der Waals surface area contributed by atoms with E-state index in [1.165, 1.54) is 0 Å². The third-order valence-corrected chi connectivity index (χ3v) is 5.21. The Bertz CT molecular complexity index is 736. The van der Waals surface area contributed by atoms with Crippen LogP contribution in [0.2, 0.25) is 5.28 Å². The molecule has 0 bridgehead atoms. The zero-order chi connectivity index (χ0) is 14.9. The van der Waals surface area contributed by atoms with Gasteiger partial charge in [0.2, 0.25) is 5.28 Å². The molecule has 21 heavy (non-hydrogen) atoms. The molecule has 5 atom stereocenters. The van der Waals surface area contributed by atoms with Crippen molar-refractivity contribution in [1.29, 1.82) is 0 Å². The van der Waals surface area contributed by atoms with Gasteiger partial charge in [0.25, 0.3) is 0 Å². The van der Waals surface area contributed by atoms with Crippen LogP contribution in [0.15, 0.2) is 6.33 Å². The molecule has 2 aliphatic rings. The van der Waals surface area contributed by atoms with Crippen LogP contribution in [0.4, 0.5) is 0 Å². The second-order valence-corrected chi connectivity index (χ2v) is 6.37. The van der Waals surface area contributed by atoms with E-state index in [4.69, 9.17) is 11.6 Å². The van der Waals surface area contributed by atoms with Gasteiger partial charge in [0, 0.05) is 5.41 Å². The first-order valence-corrected chi connectivity index (χ1v) is 7.21. The van der Waals surface area contributed by atoms with E-state index in [9.17, 15) is 15.3 Å². The fourth-order valence-electron chi connectivity index (χ4n) is 3.79. The standard InChI is InChI=1S/C13H15ClN4O3/c1-5-7-11(17-12(14)16-5)18(4-15-7)8-6-2-13(6,3-19)10(21)9(8)20/h4,6,8-10,19-21H,2-3H2,1H3/t6?,8-,9+,10+,13+/m1/s1. The molecule has 2 aliphatic carbocycles. The van der Waals surface area contributed by atoms with Crippen LogP contribution in [-0.2, 0) is 0 Å². The van der Waals surface area contributed by atoms with Crippen molar-refractivity contribution < 1.29 is 15.3 Å². The third kappa shape index (κ3) is 1.57. The molecule has 0 aliphatic heterocycles. The van der Waals surface area contributed by atoms with Crippen LogP contribution in [0, 0.1) is 18.3 Å². The summed E-state index contributed by atoms with van der Waals surface area (Å²) >= 11 is 5.91. The Morgan fingerprint density at radius 2 is 2.19 bits per heavy atom. The molecule has 0 radical (unpaired) electrons. The Hall–Kier alpha value is -1.28. The lowest BCUT2D eigenvalue weighted by Crippen LogP contribution is -2.35. The molecule has 7 nitrogen and oxygen atoms in total. The minimum absolute atomic E-state index is 0.0129. The first-order chi connectivity index (χ1) is 9.99. The SMILES string of the molecule is Cc1nc(Cl)nc2c1ncn2[C@@H]1C2C[C@@]2(CO)[C@@H](O)[C@H]1O. The first kappa shape index (κ1) is 13.4. The van der Waals surface area contributed by atoms with E-state index in [1.54, 1.807) is 17.8 Å². The number of aliphatic hydroxyl groups is 3. The summed E-state index contributed by atoms with van der Waals surface area (Å²) in [6.45, 7) is 1.66. The smallest absolute Gasteiger partial charge is 0.224 e. The van der Waals surface area contributed by atoms with Crippen molar-refractivity contribution in [2.45, 2.75) is 31.6 Å². The highest BCUT2D eigenvalue weighted by atomic mass is 35.5. The second-order valence-electron chi connectivity index (χ2n) is 6.03. The quantitative estimate of drug-likeness (QED) is 0.678. The molecule has 3 N–H and O–H groups in total. The summed E-state index contributed by atoms with van der Waals surface area (Å²) in [4.78, 5) is 12.6. The molecule has 2 aromatic rings. The summed E-state index contributed by atoms with van der Waals surface area (Å²) in [5.41, 5.74) is 1.25. The second kappa shape index (κ2) is 4.13. The van der Waals surface area contributed by atoms with Gasteiger partial charge in [-0.25, -0.2) is 9.97 Å². The Kier molecular flexibility index (Phi) is 2.63. The zero-order valence-corrected chi connectivity index (χ0v) is 12.1. The van der Waals surface area contributed by atoms with Crippen molar-refractivity contribution in [1.82, 2.24) is 19.5 Å². The average Bonchev–Trinajstić information content (AvgIpc) is 2.97. The molecule has 0 aromatic carbocycles. The van der Waals surface area contributed by atoms with Gasteiger partial charge in [0.05, 0.1) is 30.8 Å². The zero-order valence-electron chi connectivity index (χ0n) is 11.3. The van der Waals surface area contributed by atoms with Gasteiger partial charge >= 0.3 is 0 Å². The summed E-state index contributed by atoms with van der Waals surface area (Å²) in [7, 11) is 0. The number of halogens is 1. The number of hydrogen-bond donors (Lipinski definition) is 3. The maximum absolute atomic E-state index is 10.3. The van der Waals surface area contributed by atoms with Gasteiger partial charge in [-0.15, -0.1) is 0 Å². The summed E-state index contributed by atoms with van der Waals surface area (Å²) in [5.74, 6) is 0.0129. The van der Waals surface area contributed by atoms with E-state index in [0.29, 0.717) is 23.3 Å². The molecule has 1 unspecified atom stereocenters. The Balaban J connectivity index is 1.85. The Morgan fingerprint density at radius 1 is 1.43 bits per heavy atom. The predicted molar refractivity (Wildman–Crippen MR) is 73.7 cm³/mol. The number of nitrogens with zero attached hydrogens (tertiary/aromatic N) is 4. The monoisotopic (exact) mass is 310 g/mol. The van der Waals surface area contributed by atoms with Gasteiger partial charge in [-0.2, -0.15) is 4.98 Å². The number of hydrogen-bond acceptors (Lipinski definition) is 6. The van der Waals surface area contributed by atoms with E-state index in [-0.39, 0.29) is 23.9 Å². The topological polar surface area (TPSA) is 104 Å². The number of imidazole rings is 1. The Morgan fingerprint density at radius 3 is 2.86 bits per heavy atom. The van der Waals surface area contributed by atoms with Crippen LogP contribution in [0.1, 0.15) is 18.2 Å². The molecule has 2 fully saturated rings. The van der Waals surface area contributed by atoms with Crippen molar-refractivity contribution >= 4 is 22.8 Å². The van der Waals surface area contributed by atoms with Crippen LogP contribution in [0.25, 0.3) is 11.2 Å². The third-order valence-electron chi connectivity index (χ3n) is 5.04. The van der Waals surface area contributed by atoms with Crippen molar-refractivity contribution in [2.24, 2.45) is 11.3 Å². The van der Waals surface area contributed by atoms with Gasteiger partial charge in [-0.05, 0) is 30.9 Å². The minimum Gasteiger partial charge on any atom is -0.396 e. The van der Waals surface area contributed by atoms with E-state index in [2.05, 4.69) is 15.0 Å². The van der Waals surface area contributed by atoms with Crippen LogP contribution in [0.5, 0.6) is 0 Å². The Labute approximate surface area is 125 Å². The molecule has 2 aromatic heterocycles. The minimum atomic E-state index is -0.956. The number of rotatable bonds is 2. The van der Waals surface area contributed by atoms with Crippen molar-refractivity contribution in [3.8, 4) is 0 Å². The molecular formula is C13H15ClN4O3. The largest absolute Gasteiger partial charge is 0.396 e. The normalized spacial score (nSPS) is 38.0. The molecule has 8 heteroatoms. The van der Waals surface area contributed by atoms with Crippen LogP contribution in [0.3, 0.4) is 0 Å². The molecule has 0 amide bonds. The maximum atomic E-state index is 10.3. The molecule has 4 rings (SSSR count). The summed E-state index contributed by atoms with van der Waals surface area (Å²) in [6, 6.07) is -0.359. The van der Waals surface area contributed by atoms with Gasteiger partial charge < -0.3 is 19.9 Å². The number of aryl methyl sites for hydroxylation is 1. The summed E-state index contributed by atoms with van der Waals surface area (Å²) in [6.07, 6.45) is 0.384. The number of aliphatic hydroxyl groups excluding tert-OH is 3. The predicted octanol–water partition coefficient (Wildman–Crippen LogP) is 0.0632. The van der Waals surface area contributed by atoms with Gasteiger partial charge in [-0.1, -0.05) is 0 Å². The van der Waals surface area contributed by atoms with E-state index < -0.39 is 17.6 Å². The summed E-state index contributed by atoms with van der Waals surface area (Å²) in [5, 5.41) is 30.2. The lowest BCUT2D eigenvalue weighted by molar-refractivity contribution is -0.0300. The van der Waals surface area contributed by atoms with Crippen molar-refractivity contribution in [2.75, 3.05) is 6.61 Å². The molecule has 0 spiro atoms. The van der Waals surface area contributed by atoms with Crippen LogP contribution < -0.4 is 0 Å². The highest BCUT2D eigenvalue weighted by molar-refractivity contribution is 6.28. The van der Waals surface area contributed by atoms with E-state index in [1.807, 2.05) is 0 Å². The average molecular weight is 311 g/mol. The molecule has 2 saturated carbocycles. The van der Waals surface area contributed by atoms with Crippen molar-refractivity contribution in [3.05, 3.63) is 17.3 Å². The van der Waals surface area contributed by atoms with Crippen LogP contribution in [-0.4, -0.2) is 53.7 Å². The maximum Gasteiger partial charge on any atom is 0.224 e. The highest BCUT2D eigenvalue weighted by Crippen LogP contribution is 2.67. The lowest BCUT2D eigenvalue weighted by atomic mass is 10.0. The first-order valence-electron chi connectivity index (χ1n) is 6.83. The molecule has 112 valence electrons. The molecule has 2 heterocycles. The number of aromatic nitrogens is 4.